The van der Waals surface area contributed by atoms with Crippen molar-refractivity contribution in [1.29, 1.82) is 0 Å². The highest BCUT2D eigenvalue weighted by Crippen LogP contribution is 2.40. The van der Waals surface area contributed by atoms with Crippen molar-refractivity contribution in [2.45, 2.75) is 38.3 Å². The van der Waals surface area contributed by atoms with Crippen LogP contribution >= 0.6 is 0 Å². The van der Waals surface area contributed by atoms with Gasteiger partial charge >= 0.3 is 18.2 Å². The van der Waals surface area contributed by atoms with Crippen molar-refractivity contribution < 1.29 is 27.5 Å². The van der Waals surface area contributed by atoms with Gasteiger partial charge in [-0.05, 0) is 25.7 Å². The molecule has 0 radical (unpaired) electrons. The number of primary amides is 1. The minimum atomic E-state index is -4.25. The van der Waals surface area contributed by atoms with E-state index < -0.39 is 30.0 Å². The van der Waals surface area contributed by atoms with E-state index in [1.54, 1.807) is 0 Å². The van der Waals surface area contributed by atoms with Crippen LogP contribution in [0.4, 0.5) is 18.0 Å². The first-order valence-corrected chi connectivity index (χ1v) is 6.57. The van der Waals surface area contributed by atoms with Crippen LogP contribution in [-0.4, -0.2) is 31.3 Å². The molecule has 1 saturated carbocycles. The maximum absolute atomic E-state index is 12.6. The first-order chi connectivity index (χ1) is 9.30. The van der Waals surface area contributed by atoms with Gasteiger partial charge < -0.3 is 15.8 Å². The van der Waals surface area contributed by atoms with E-state index in [9.17, 15) is 22.8 Å². The Bertz CT molecular complexity index is 347. The molecule has 0 bridgehead atoms. The number of carbonyl (C=O) groups excluding carboxylic acids is 2. The molecule has 2 unspecified atom stereocenters. The van der Waals surface area contributed by atoms with Crippen LogP contribution in [0.3, 0.4) is 0 Å². The fraction of sp³-hybridized carbons (Fsp3) is 0.833. The van der Waals surface area contributed by atoms with Gasteiger partial charge in [-0.15, -0.1) is 0 Å². The van der Waals surface area contributed by atoms with Crippen LogP contribution in [0.15, 0.2) is 0 Å². The summed E-state index contributed by atoms with van der Waals surface area (Å²) in [4.78, 5) is 22.0. The Kier molecular flexibility index (Phi) is 6.09. The molecule has 0 aromatic rings. The average Bonchev–Trinajstić information content (AvgIpc) is 2.37. The third-order valence-corrected chi connectivity index (χ3v) is 3.34. The van der Waals surface area contributed by atoms with E-state index in [0.717, 1.165) is 0 Å². The van der Waals surface area contributed by atoms with Crippen LogP contribution in [0.5, 0.6) is 0 Å². The van der Waals surface area contributed by atoms with Gasteiger partial charge in [0.05, 0.1) is 18.4 Å². The molecule has 0 saturated heterocycles. The van der Waals surface area contributed by atoms with Crippen LogP contribution in [-0.2, 0) is 9.53 Å². The predicted molar refractivity (Wildman–Crippen MR) is 64.7 cm³/mol. The van der Waals surface area contributed by atoms with E-state index in [0.29, 0.717) is 19.3 Å². The molecule has 0 aromatic heterocycles. The summed E-state index contributed by atoms with van der Waals surface area (Å²) in [6.07, 6.45) is -3.16. The Morgan fingerprint density at radius 3 is 2.60 bits per heavy atom. The summed E-state index contributed by atoms with van der Waals surface area (Å²) in [5.74, 6) is -2.68. The SMILES string of the molecule is NC(=O)NCCCOC(=O)C1CCCC(C(F)(F)F)C1. The van der Waals surface area contributed by atoms with Gasteiger partial charge in [0.15, 0.2) is 0 Å². The van der Waals surface area contributed by atoms with Crippen molar-refractivity contribution in [3.05, 3.63) is 0 Å². The monoisotopic (exact) mass is 296 g/mol. The molecule has 116 valence electrons. The zero-order valence-electron chi connectivity index (χ0n) is 11.0. The normalized spacial score (nSPS) is 23.1. The molecule has 1 aliphatic rings. The number of urea groups is 1. The van der Waals surface area contributed by atoms with E-state index >= 15 is 0 Å². The van der Waals surface area contributed by atoms with E-state index in [4.69, 9.17) is 10.5 Å². The van der Waals surface area contributed by atoms with Gasteiger partial charge in [0.2, 0.25) is 0 Å². The van der Waals surface area contributed by atoms with Crippen molar-refractivity contribution in [2.75, 3.05) is 13.2 Å². The molecule has 0 aromatic carbocycles. The van der Waals surface area contributed by atoms with E-state index in [1.165, 1.54) is 0 Å². The van der Waals surface area contributed by atoms with E-state index in [-0.39, 0.29) is 26.0 Å². The maximum Gasteiger partial charge on any atom is 0.391 e. The fourth-order valence-corrected chi connectivity index (χ4v) is 2.28. The number of nitrogens with one attached hydrogen (secondary N) is 1. The summed E-state index contributed by atoms with van der Waals surface area (Å²) in [6.45, 7) is 0.324. The fourth-order valence-electron chi connectivity index (χ4n) is 2.28. The van der Waals surface area contributed by atoms with E-state index in [2.05, 4.69) is 5.32 Å². The topological polar surface area (TPSA) is 81.4 Å². The Labute approximate surface area is 115 Å². The summed E-state index contributed by atoms with van der Waals surface area (Å²) in [6, 6.07) is -0.670. The highest BCUT2D eigenvalue weighted by atomic mass is 19.4. The minimum Gasteiger partial charge on any atom is -0.465 e. The number of esters is 1. The third kappa shape index (κ3) is 5.66. The van der Waals surface area contributed by atoms with Gasteiger partial charge in [-0.1, -0.05) is 6.42 Å². The number of halogens is 3. The summed E-state index contributed by atoms with van der Waals surface area (Å²) in [5, 5.41) is 2.32. The molecule has 1 rings (SSSR count). The molecule has 0 aliphatic heterocycles. The largest absolute Gasteiger partial charge is 0.465 e. The number of nitrogens with two attached hydrogens (primary N) is 1. The molecule has 8 heteroatoms. The van der Waals surface area contributed by atoms with Gasteiger partial charge in [0.1, 0.15) is 0 Å². The van der Waals surface area contributed by atoms with Crippen molar-refractivity contribution in [3.63, 3.8) is 0 Å². The first-order valence-electron chi connectivity index (χ1n) is 6.57. The number of hydrogen-bond acceptors (Lipinski definition) is 3. The number of hydrogen-bond donors (Lipinski definition) is 2. The number of amides is 2. The van der Waals surface area contributed by atoms with Gasteiger partial charge in [-0.2, -0.15) is 13.2 Å². The van der Waals surface area contributed by atoms with Crippen LogP contribution < -0.4 is 11.1 Å². The lowest BCUT2D eigenvalue weighted by Gasteiger charge is -2.29. The third-order valence-electron chi connectivity index (χ3n) is 3.34. The number of alkyl halides is 3. The summed E-state index contributed by atoms with van der Waals surface area (Å²) in [7, 11) is 0. The van der Waals surface area contributed by atoms with Crippen molar-refractivity contribution >= 4 is 12.0 Å². The Hall–Kier alpha value is -1.47. The zero-order valence-corrected chi connectivity index (χ0v) is 11.0. The molecule has 0 spiro atoms. The molecular weight excluding hydrogens is 277 g/mol. The van der Waals surface area contributed by atoms with Gasteiger partial charge in [0, 0.05) is 6.54 Å². The second-order valence-corrected chi connectivity index (χ2v) is 4.91. The maximum atomic E-state index is 12.6. The standard InChI is InChI=1S/C12H19F3N2O3/c13-12(14,15)9-4-1-3-8(7-9)10(18)20-6-2-5-17-11(16)19/h8-9H,1-7H2,(H3,16,17,19). The molecule has 5 nitrogen and oxygen atoms in total. The molecule has 1 fully saturated rings. The Morgan fingerprint density at radius 2 is 2.00 bits per heavy atom. The molecule has 20 heavy (non-hydrogen) atoms. The lowest BCUT2D eigenvalue weighted by Crippen LogP contribution is -2.33. The molecule has 3 N–H and O–H groups in total. The van der Waals surface area contributed by atoms with Crippen LogP contribution in [0.25, 0.3) is 0 Å². The molecule has 0 heterocycles. The Balaban J connectivity index is 2.27. The summed E-state index contributed by atoms with van der Waals surface area (Å²) in [5.41, 5.74) is 4.84. The first kappa shape index (κ1) is 16.6. The number of ether oxygens (including phenoxy) is 1. The predicted octanol–water partition coefficient (Wildman–Crippen LogP) is 1.96. The van der Waals surface area contributed by atoms with Crippen molar-refractivity contribution in [3.8, 4) is 0 Å². The van der Waals surface area contributed by atoms with Gasteiger partial charge in [0.25, 0.3) is 0 Å². The highest BCUT2D eigenvalue weighted by molar-refractivity contribution is 5.72. The van der Waals surface area contributed by atoms with Gasteiger partial charge in [-0.3, -0.25) is 4.79 Å². The summed E-state index contributed by atoms with van der Waals surface area (Å²) < 4.78 is 42.7. The molecule has 2 amide bonds. The van der Waals surface area contributed by atoms with Crippen molar-refractivity contribution in [2.24, 2.45) is 17.6 Å². The van der Waals surface area contributed by atoms with Crippen LogP contribution in [0.1, 0.15) is 32.1 Å². The second-order valence-electron chi connectivity index (χ2n) is 4.91. The average molecular weight is 296 g/mol. The lowest BCUT2D eigenvalue weighted by molar-refractivity contribution is -0.189. The second kappa shape index (κ2) is 7.35. The quantitative estimate of drug-likeness (QED) is 0.601. The molecular formula is C12H19F3N2O3. The summed E-state index contributed by atoms with van der Waals surface area (Å²) >= 11 is 0. The minimum absolute atomic E-state index is 0.0618. The van der Waals surface area contributed by atoms with Crippen LogP contribution in [0.2, 0.25) is 0 Å². The number of rotatable bonds is 5. The number of carbonyl (C=O) groups is 2. The van der Waals surface area contributed by atoms with Gasteiger partial charge in [-0.25, -0.2) is 4.79 Å². The lowest BCUT2D eigenvalue weighted by atomic mass is 9.81. The smallest absolute Gasteiger partial charge is 0.391 e. The van der Waals surface area contributed by atoms with Crippen LogP contribution in [0, 0.1) is 11.8 Å². The molecule has 2 atom stereocenters. The molecule has 1 aliphatic carbocycles. The van der Waals surface area contributed by atoms with E-state index in [1.807, 2.05) is 0 Å². The van der Waals surface area contributed by atoms with Crippen molar-refractivity contribution in [1.82, 2.24) is 5.32 Å². The zero-order chi connectivity index (χ0) is 15.2. The highest BCUT2D eigenvalue weighted by Gasteiger charge is 2.43. The Morgan fingerprint density at radius 1 is 1.30 bits per heavy atom.